The lowest BCUT2D eigenvalue weighted by molar-refractivity contribution is 0.151. The molecule has 0 N–H and O–H groups in total. The minimum Gasteiger partial charge on any atom is -0.378 e. The highest BCUT2D eigenvalue weighted by Gasteiger charge is 2.09. The summed E-state index contributed by atoms with van der Waals surface area (Å²) in [6.07, 6.45) is -2.49. The molecule has 100 valence electrons. The van der Waals surface area contributed by atoms with Crippen LogP contribution in [0.3, 0.4) is 0 Å². The molecular weight excluding hydrogens is 274 g/mol. The first kappa shape index (κ1) is 13.8. The Morgan fingerprint density at radius 3 is 2.47 bits per heavy atom. The van der Waals surface area contributed by atoms with Crippen LogP contribution in [-0.2, 0) is 11.3 Å². The molecule has 0 aliphatic carbocycles. The second-order valence-corrected chi connectivity index (χ2v) is 4.25. The number of aromatic nitrogens is 2. The fraction of sp³-hybridized carbons (Fsp3) is 0.231. The number of halogens is 3. The maximum atomic E-state index is 12.5. The van der Waals surface area contributed by atoms with Crippen LogP contribution in [0.2, 0.25) is 5.15 Å². The first-order valence-corrected chi connectivity index (χ1v) is 5.89. The molecule has 1 aromatic heterocycles. The molecule has 0 amide bonds. The molecule has 0 saturated heterocycles. The molecule has 0 aliphatic heterocycles. The number of ether oxygens (including phenoxy) is 1. The van der Waals surface area contributed by atoms with Gasteiger partial charge in [0.1, 0.15) is 5.15 Å². The van der Waals surface area contributed by atoms with E-state index in [1.54, 1.807) is 25.3 Å². The summed E-state index contributed by atoms with van der Waals surface area (Å²) in [7, 11) is 1.55. The highest BCUT2D eigenvalue weighted by Crippen LogP contribution is 2.23. The van der Waals surface area contributed by atoms with E-state index in [4.69, 9.17) is 16.3 Å². The maximum Gasteiger partial charge on any atom is 0.263 e. The smallest absolute Gasteiger partial charge is 0.263 e. The molecule has 0 atom stereocenters. The molecular formula is C13H11ClF2N2O. The molecule has 0 radical (unpaired) electrons. The topological polar surface area (TPSA) is 35.0 Å². The lowest BCUT2D eigenvalue weighted by Crippen LogP contribution is -1.97. The Bertz CT molecular complexity index is 561. The molecule has 0 aliphatic rings. The van der Waals surface area contributed by atoms with Crippen LogP contribution in [-0.4, -0.2) is 17.1 Å². The van der Waals surface area contributed by atoms with E-state index in [1.807, 2.05) is 0 Å². The average molecular weight is 285 g/mol. The van der Waals surface area contributed by atoms with E-state index in [1.165, 1.54) is 12.1 Å². The largest absolute Gasteiger partial charge is 0.378 e. The summed E-state index contributed by atoms with van der Waals surface area (Å²) in [6, 6.07) is 7.38. The summed E-state index contributed by atoms with van der Waals surface area (Å²) in [4.78, 5) is 8.33. The van der Waals surface area contributed by atoms with Crippen molar-refractivity contribution in [1.29, 1.82) is 0 Å². The summed E-state index contributed by atoms with van der Waals surface area (Å²) >= 11 is 5.89. The highest BCUT2D eigenvalue weighted by atomic mass is 35.5. The summed E-state index contributed by atoms with van der Waals surface area (Å²) in [5, 5.41) is 0.287. The monoisotopic (exact) mass is 284 g/mol. The molecule has 0 saturated carbocycles. The van der Waals surface area contributed by atoms with Crippen LogP contribution in [0.5, 0.6) is 0 Å². The normalized spacial score (nSPS) is 11.0. The van der Waals surface area contributed by atoms with Gasteiger partial charge in [0.2, 0.25) is 0 Å². The molecule has 1 heterocycles. The van der Waals surface area contributed by atoms with Gasteiger partial charge in [-0.2, -0.15) is 0 Å². The Morgan fingerprint density at radius 2 is 1.89 bits per heavy atom. The Labute approximate surface area is 114 Å². The van der Waals surface area contributed by atoms with Gasteiger partial charge in [0.15, 0.2) is 5.82 Å². The van der Waals surface area contributed by atoms with Crippen molar-refractivity contribution in [1.82, 2.24) is 9.97 Å². The number of benzene rings is 1. The number of hydrogen-bond donors (Lipinski definition) is 0. The number of rotatable bonds is 4. The molecule has 2 rings (SSSR count). The quantitative estimate of drug-likeness (QED) is 0.799. The first-order valence-electron chi connectivity index (χ1n) is 5.51. The standard InChI is InChI=1S/C13H11ClF2N2O/c1-19-7-10-6-11(14)18-13(17-10)9-4-2-8(3-5-9)12(15)16/h2-6,12H,7H2,1H3. The molecule has 6 heteroatoms. The van der Waals surface area contributed by atoms with Crippen LogP contribution in [0.4, 0.5) is 8.78 Å². The van der Waals surface area contributed by atoms with Gasteiger partial charge in [-0.3, -0.25) is 0 Å². The molecule has 19 heavy (non-hydrogen) atoms. The molecule has 3 nitrogen and oxygen atoms in total. The first-order chi connectivity index (χ1) is 9.10. The Kier molecular flexibility index (Phi) is 4.39. The van der Waals surface area contributed by atoms with Crippen LogP contribution in [0.25, 0.3) is 11.4 Å². The third kappa shape index (κ3) is 3.45. The van der Waals surface area contributed by atoms with Gasteiger partial charge in [-0.1, -0.05) is 35.9 Å². The predicted molar refractivity (Wildman–Crippen MR) is 68.1 cm³/mol. The number of hydrogen-bond acceptors (Lipinski definition) is 3. The minimum absolute atomic E-state index is 0.0390. The SMILES string of the molecule is COCc1cc(Cl)nc(-c2ccc(C(F)F)cc2)n1. The zero-order valence-corrected chi connectivity index (χ0v) is 10.9. The number of nitrogens with zero attached hydrogens (tertiary/aromatic N) is 2. The van der Waals surface area contributed by atoms with Crippen molar-refractivity contribution in [2.24, 2.45) is 0 Å². The second-order valence-electron chi connectivity index (χ2n) is 3.86. The summed E-state index contributed by atoms with van der Waals surface area (Å²) < 4.78 is 29.9. The zero-order valence-electron chi connectivity index (χ0n) is 10.1. The van der Waals surface area contributed by atoms with Gasteiger partial charge >= 0.3 is 0 Å². The van der Waals surface area contributed by atoms with Gasteiger partial charge in [-0.05, 0) is 6.07 Å². The summed E-state index contributed by atoms with van der Waals surface area (Å²) in [5.74, 6) is 0.389. The fourth-order valence-electron chi connectivity index (χ4n) is 1.59. The van der Waals surface area contributed by atoms with Gasteiger partial charge in [-0.25, -0.2) is 18.7 Å². The van der Waals surface area contributed by atoms with Gasteiger partial charge in [0.05, 0.1) is 12.3 Å². The third-order valence-corrected chi connectivity index (χ3v) is 2.65. The van der Waals surface area contributed by atoms with Crippen molar-refractivity contribution >= 4 is 11.6 Å². The molecule has 0 spiro atoms. The lowest BCUT2D eigenvalue weighted by Gasteiger charge is -2.05. The van der Waals surface area contributed by atoms with Crippen molar-refractivity contribution < 1.29 is 13.5 Å². The maximum absolute atomic E-state index is 12.5. The summed E-state index contributed by atoms with van der Waals surface area (Å²) in [5.41, 5.74) is 1.22. The van der Waals surface area contributed by atoms with Crippen LogP contribution in [0, 0.1) is 0 Å². The van der Waals surface area contributed by atoms with Crippen LogP contribution in [0.1, 0.15) is 17.7 Å². The predicted octanol–water partition coefficient (Wildman–Crippen LogP) is 3.88. The molecule has 1 aromatic carbocycles. The summed E-state index contributed by atoms with van der Waals surface area (Å²) in [6.45, 7) is 0.310. The van der Waals surface area contributed by atoms with E-state index >= 15 is 0 Å². The van der Waals surface area contributed by atoms with Gasteiger partial charge < -0.3 is 4.74 Å². The molecule has 0 fully saturated rings. The van der Waals surface area contributed by atoms with Crippen molar-refractivity contribution in [3.63, 3.8) is 0 Å². The van der Waals surface area contributed by atoms with Crippen LogP contribution >= 0.6 is 11.6 Å². The van der Waals surface area contributed by atoms with E-state index in [2.05, 4.69) is 9.97 Å². The molecule has 2 aromatic rings. The van der Waals surface area contributed by atoms with E-state index in [9.17, 15) is 8.78 Å². The minimum atomic E-state index is -2.49. The van der Waals surface area contributed by atoms with Crippen LogP contribution in [0.15, 0.2) is 30.3 Å². The van der Waals surface area contributed by atoms with Gasteiger partial charge in [0, 0.05) is 18.2 Å². The Balaban J connectivity index is 2.35. The lowest BCUT2D eigenvalue weighted by atomic mass is 10.1. The zero-order chi connectivity index (χ0) is 13.8. The average Bonchev–Trinajstić information content (AvgIpc) is 2.38. The molecule has 0 unspecified atom stereocenters. The van der Waals surface area contributed by atoms with Crippen molar-refractivity contribution in [3.8, 4) is 11.4 Å². The number of methoxy groups -OCH3 is 1. The van der Waals surface area contributed by atoms with Gasteiger partial charge in [-0.15, -0.1) is 0 Å². The van der Waals surface area contributed by atoms with E-state index in [-0.39, 0.29) is 10.7 Å². The Hall–Kier alpha value is -1.59. The third-order valence-electron chi connectivity index (χ3n) is 2.46. The molecule has 0 bridgehead atoms. The number of alkyl halides is 2. The highest BCUT2D eigenvalue weighted by molar-refractivity contribution is 6.29. The second kappa shape index (κ2) is 6.04. The van der Waals surface area contributed by atoms with Crippen LogP contribution < -0.4 is 0 Å². The van der Waals surface area contributed by atoms with Crippen molar-refractivity contribution in [2.45, 2.75) is 13.0 Å². The van der Waals surface area contributed by atoms with Crippen molar-refractivity contribution in [2.75, 3.05) is 7.11 Å². The Morgan fingerprint density at radius 1 is 1.21 bits per heavy atom. The van der Waals surface area contributed by atoms with Gasteiger partial charge in [0.25, 0.3) is 6.43 Å². The van der Waals surface area contributed by atoms with Crippen molar-refractivity contribution in [3.05, 3.63) is 46.7 Å². The van der Waals surface area contributed by atoms with E-state index in [0.717, 1.165) is 0 Å². The van der Waals surface area contributed by atoms with E-state index in [0.29, 0.717) is 23.7 Å². The van der Waals surface area contributed by atoms with E-state index < -0.39 is 6.43 Å². The fourth-order valence-corrected chi connectivity index (χ4v) is 1.80.